The van der Waals surface area contributed by atoms with Gasteiger partial charge >= 0.3 is 0 Å². The van der Waals surface area contributed by atoms with Crippen molar-refractivity contribution in [3.05, 3.63) is 42.7 Å². The third-order valence-corrected chi connectivity index (χ3v) is 2.35. The molecule has 16 heavy (non-hydrogen) atoms. The monoisotopic (exact) mass is 211 g/mol. The quantitative estimate of drug-likeness (QED) is 0.628. The molecule has 0 aliphatic heterocycles. The first-order valence-electron chi connectivity index (χ1n) is 4.89. The van der Waals surface area contributed by atoms with E-state index in [1.54, 1.807) is 12.4 Å². The van der Waals surface area contributed by atoms with Gasteiger partial charge in [0.2, 0.25) is 5.89 Å². The van der Waals surface area contributed by atoms with E-state index in [1.807, 2.05) is 30.3 Å². The second-order valence-corrected chi connectivity index (χ2v) is 3.48. The summed E-state index contributed by atoms with van der Waals surface area (Å²) in [6.07, 6.45) is 3.35. The van der Waals surface area contributed by atoms with Gasteiger partial charge in [-0.3, -0.25) is 4.98 Å². The van der Waals surface area contributed by atoms with E-state index in [0.717, 1.165) is 16.8 Å². The summed E-state index contributed by atoms with van der Waals surface area (Å²) in [6.45, 7) is 0. The maximum atomic E-state index is 5.62. The first kappa shape index (κ1) is 8.91. The number of nitrogens with zero attached hydrogens (tertiary/aromatic N) is 2. The minimum absolute atomic E-state index is 0.586. The van der Waals surface area contributed by atoms with Crippen molar-refractivity contribution >= 4 is 16.8 Å². The number of fused-ring (bicyclic) bond motifs is 1. The fourth-order valence-corrected chi connectivity index (χ4v) is 1.53. The van der Waals surface area contributed by atoms with Gasteiger partial charge in [0.05, 0.1) is 6.20 Å². The van der Waals surface area contributed by atoms with Crippen LogP contribution in [0.25, 0.3) is 22.6 Å². The lowest BCUT2D eigenvalue weighted by Crippen LogP contribution is -1.83. The van der Waals surface area contributed by atoms with Crippen molar-refractivity contribution < 1.29 is 4.42 Å². The van der Waals surface area contributed by atoms with Crippen LogP contribution in [0.1, 0.15) is 0 Å². The van der Waals surface area contributed by atoms with Crippen molar-refractivity contribution in [2.45, 2.75) is 0 Å². The van der Waals surface area contributed by atoms with Gasteiger partial charge in [0.1, 0.15) is 5.52 Å². The van der Waals surface area contributed by atoms with Gasteiger partial charge in [-0.1, -0.05) is 0 Å². The predicted octanol–water partition coefficient (Wildman–Crippen LogP) is 2.47. The molecule has 0 atom stereocenters. The molecule has 0 saturated carbocycles. The molecule has 4 heteroatoms. The second kappa shape index (κ2) is 3.34. The Balaban J connectivity index is 2.15. The summed E-state index contributed by atoms with van der Waals surface area (Å²) in [4.78, 5) is 8.35. The molecule has 4 nitrogen and oxygen atoms in total. The normalized spacial score (nSPS) is 10.8. The summed E-state index contributed by atoms with van der Waals surface area (Å²) in [5, 5.41) is 0. The second-order valence-electron chi connectivity index (χ2n) is 3.48. The first-order chi connectivity index (χ1) is 7.83. The van der Waals surface area contributed by atoms with Crippen molar-refractivity contribution in [1.29, 1.82) is 0 Å². The molecule has 0 aliphatic carbocycles. The molecular weight excluding hydrogens is 202 g/mol. The van der Waals surface area contributed by atoms with Gasteiger partial charge in [-0.25, -0.2) is 4.98 Å². The lowest BCUT2D eigenvalue weighted by Gasteiger charge is -1.95. The number of rotatable bonds is 1. The number of nitrogen functional groups attached to an aromatic ring is 1. The topological polar surface area (TPSA) is 64.9 Å². The first-order valence-corrected chi connectivity index (χ1v) is 4.89. The zero-order chi connectivity index (χ0) is 11.0. The predicted molar refractivity (Wildman–Crippen MR) is 61.7 cm³/mol. The maximum Gasteiger partial charge on any atom is 0.227 e. The molecule has 0 unspecified atom stereocenters. The van der Waals surface area contributed by atoms with E-state index in [1.165, 1.54) is 0 Å². The average molecular weight is 211 g/mol. The molecule has 2 N–H and O–H groups in total. The number of hydrogen-bond donors (Lipinski definition) is 1. The van der Waals surface area contributed by atoms with Crippen molar-refractivity contribution in [2.75, 3.05) is 5.73 Å². The Morgan fingerprint density at radius 2 is 1.88 bits per heavy atom. The number of hydrogen-bond acceptors (Lipinski definition) is 4. The number of anilines is 1. The van der Waals surface area contributed by atoms with Crippen LogP contribution in [0, 0.1) is 0 Å². The van der Waals surface area contributed by atoms with Crippen LogP contribution in [0.4, 0.5) is 5.69 Å². The molecule has 3 rings (SSSR count). The Morgan fingerprint density at radius 1 is 1.06 bits per heavy atom. The van der Waals surface area contributed by atoms with Crippen molar-refractivity contribution in [2.24, 2.45) is 0 Å². The van der Waals surface area contributed by atoms with Crippen LogP contribution >= 0.6 is 0 Å². The fraction of sp³-hybridized carbons (Fsp3) is 0. The molecule has 0 bridgehead atoms. The SMILES string of the molecule is Nc1ccc(-c2nc3ccncc3o2)cc1. The molecule has 1 aromatic carbocycles. The highest BCUT2D eigenvalue weighted by Gasteiger charge is 2.07. The zero-order valence-electron chi connectivity index (χ0n) is 8.42. The molecule has 0 saturated heterocycles. The number of nitrogens with two attached hydrogens (primary N) is 1. The Morgan fingerprint density at radius 3 is 2.62 bits per heavy atom. The van der Waals surface area contributed by atoms with Crippen LogP contribution in [0.3, 0.4) is 0 Å². The molecule has 0 fully saturated rings. The number of aromatic nitrogens is 2. The maximum absolute atomic E-state index is 5.62. The minimum atomic E-state index is 0.586. The van der Waals surface area contributed by atoms with Crippen molar-refractivity contribution in [3.8, 4) is 11.5 Å². The molecule has 3 aromatic rings. The highest BCUT2D eigenvalue weighted by Crippen LogP contribution is 2.23. The molecule has 2 aromatic heterocycles. The highest BCUT2D eigenvalue weighted by atomic mass is 16.3. The lowest BCUT2D eigenvalue weighted by atomic mass is 10.2. The van der Waals surface area contributed by atoms with Gasteiger partial charge in [-0.05, 0) is 30.3 Å². The molecule has 0 spiro atoms. The zero-order valence-corrected chi connectivity index (χ0v) is 8.42. The van der Waals surface area contributed by atoms with Gasteiger partial charge in [-0.15, -0.1) is 0 Å². The van der Waals surface area contributed by atoms with E-state index in [0.29, 0.717) is 11.5 Å². The molecule has 2 heterocycles. The molecule has 0 radical (unpaired) electrons. The molecular formula is C12H9N3O. The van der Waals surface area contributed by atoms with Gasteiger partial charge < -0.3 is 10.2 Å². The van der Waals surface area contributed by atoms with E-state index in [9.17, 15) is 0 Å². The van der Waals surface area contributed by atoms with Gasteiger partial charge in [-0.2, -0.15) is 0 Å². The Hall–Kier alpha value is -2.36. The van der Waals surface area contributed by atoms with Gasteiger partial charge in [0.15, 0.2) is 5.58 Å². The fourth-order valence-electron chi connectivity index (χ4n) is 1.53. The van der Waals surface area contributed by atoms with E-state index in [-0.39, 0.29) is 0 Å². The van der Waals surface area contributed by atoms with Gasteiger partial charge in [0, 0.05) is 17.4 Å². The van der Waals surface area contributed by atoms with Crippen LogP contribution in [0.5, 0.6) is 0 Å². The van der Waals surface area contributed by atoms with E-state index >= 15 is 0 Å². The Labute approximate surface area is 91.7 Å². The third-order valence-electron chi connectivity index (χ3n) is 2.35. The van der Waals surface area contributed by atoms with Crippen LogP contribution < -0.4 is 5.73 Å². The summed E-state index contributed by atoms with van der Waals surface area (Å²) in [5.74, 6) is 0.586. The average Bonchev–Trinajstić information content (AvgIpc) is 2.73. The number of oxazole rings is 1. The highest BCUT2D eigenvalue weighted by molar-refractivity contribution is 5.75. The largest absolute Gasteiger partial charge is 0.434 e. The van der Waals surface area contributed by atoms with Gasteiger partial charge in [0.25, 0.3) is 0 Å². The standard InChI is InChI=1S/C12H9N3O/c13-9-3-1-8(2-4-9)12-15-10-5-6-14-7-11(10)16-12/h1-7H,13H2. The Bertz CT molecular complexity index is 595. The summed E-state index contributed by atoms with van der Waals surface area (Å²) in [5.41, 5.74) is 8.75. The van der Waals surface area contributed by atoms with Crippen LogP contribution in [0.15, 0.2) is 47.1 Å². The summed E-state index contributed by atoms with van der Waals surface area (Å²) >= 11 is 0. The van der Waals surface area contributed by atoms with Crippen LogP contribution in [-0.4, -0.2) is 9.97 Å². The summed E-state index contributed by atoms with van der Waals surface area (Å²) in [6, 6.07) is 9.23. The number of pyridine rings is 1. The van der Waals surface area contributed by atoms with Crippen LogP contribution in [0.2, 0.25) is 0 Å². The lowest BCUT2D eigenvalue weighted by molar-refractivity contribution is 0.618. The van der Waals surface area contributed by atoms with E-state index < -0.39 is 0 Å². The Kier molecular flexibility index (Phi) is 1.86. The molecule has 78 valence electrons. The van der Waals surface area contributed by atoms with Crippen molar-refractivity contribution in [3.63, 3.8) is 0 Å². The van der Waals surface area contributed by atoms with E-state index in [2.05, 4.69) is 9.97 Å². The minimum Gasteiger partial charge on any atom is -0.434 e. The molecule has 0 amide bonds. The van der Waals surface area contributed by atoms with E-state index in [4.69, 9.17) is 10.2 Å². The number of benzene rings is 1. The van der Waals surface area contributed by atoms with Crippen LogP contribution in [-0.2, 0) is 0 Å². The third kappa shape index (κ3) is 1.40. The summed E-state index contributed by atoms with van der Waals surface area (Å²) < 4.78 is 5.58. The summed E-state index contributed by atoms with van der Waals surface area (Å²) in [7, 11) is 0. The van der Waals surface area contributed by atoms with Crippen molar-refractivity contribution in [1.82, 2.24) is 9.97 Å². The smallest absolute Gasteiger partial charge is 0.227 e. The molecule has 0 aliphatic rings.